The van der Waals surface area contributed by atoms with Crippen LogP contribution in [0.3, 0.4) is 0 Å². The number of fused-ring (bicyclic) bond motifs is 2. The normalized spacial score (nSPS) is 13.7. The molecular weight excluding hydrogens is 924 g/mol. The number of aliphatic hydroxyl groups is 1. The van der Waals surface area contributed by atoms with E-state index in [1.54, 1.807) is 56.6 Å². The molecule has 1 unspecified atom stereocenters. The molecule has 0 saturated heterocycles. The zero-order chi connectivity index (χ0) is 46.6. The lowest BCUT2D eigenvalue weighted by molar-refractivity contribution is 0.235. The minimum atomic E-state index is -3.56. The topological polar surface area (TPSA) is 139 Å². The van der Waals surface area contributed by atoms with Gasteiger partial charge in [-0.1, -0.05) is 73.4 Å². The fourth-order valence-corrected chi connectivity index (χ4v) is 10.8. The summed E-state index contributed by atoms with van der Waals surface area (Å²) in [5, 5.41) is 12.2. The summed E-state index contributed by atoms with van der Waals surface area (Å²) in [6, 6.07) is 22.4. The van der Waals surface area contributed by atoms with Gasteiger partial charge < -0.3 is 5.11 Å². The fourth-order valence-electron chi connectivity index (χ4n) is 7.64. The SMILES string of the molecule is CCCS(=O)(=O)Cc1ccc(F)c(C(O)C2=NCc3ncc(-c4ccc(Cl)cc4)cc32)c1F.CCCS(=O)(=O)Cc1ccc(F)c(CC2=NCc3ncc(-c4ccc(Cl)cc4)cc32)c1F. The maximum atomic E-state index is 15.2. The summed E-state index contributed by atoms with van der Waals surface area (Å²) >= 11 is 11.9. The quantitative estimate of drug-likeness (QED) is 0.107. The van der Waals surface area contributed by atoms with Crippen LogP contribution in [0.15, 0.2) is 107 Å². The molecule has 2 aliphatic rings. The third-order valence-electron chi connectivity index (χ3n) is 10.8. The van der Waals surface area contributed by atoms with Crippen LogP contribution >= 0.6 is 23.2 Å². The van der Waals surface area contributed by atoms with Gasteiger partial charge in [0, 0.05) is 73.5 Å². The summed E-state index contributed by atoms with van der Waals surface area (Å²) < 4.78 is 108. The first-order valence-electron chi connectivity index (χ1n) is 20.6. The summed E-state index contributed by atoms with van der Waals surface area (Å²) in [5.41, 5.74) is 5.43. The second kappa shape index (κ2) is 20.0. The van der Waals surface area contributed by atoms with Gasteiger partial charge in [0.15, 0.2) is 19.7 Å². The zero-order valence-electron chi connectivity index (χ0n) is 35.1. The van der Waals surface area contributed by atoms with Crippen molar-refractivity contribution in [2.75, 3.05) is 11.5 Å². The number of hydrogen-bond donors (Lipinski definition) is 1. The fraction of sp³-hybridized carbons (Fsp3) is 0.250. The lowest BCUT2D eigenvalue weighted by atomic mass is 9.95. The lowest BCUT2D eigenvalue weighted by Gasteiger charge is -2.17. The van der Waals surface area contributed by atoms with E-state index in [1.807, 2.05) is 30.3 Å². The van der Waals surface area contributed by atoms with Crippen LogP contribution in [0.4, 0.5) is 17.6 Å². The van der Waals surface area contributed by atoms with Crippen molar-refractivity contribution >= 4 is 54.3 Å². The number of rotatable bonds is 14. The molecule has 0 saturated carbocycles. The highest BCUT2D eigenvalue weighted by atomic mass is 35.5. The van der Waals surface area contributed by atoms with Gasteiger partial charge in [-0.25, -0.2) is 34.4 Å². The molecule has 17 heteroatoms. The molecule has 1 N–H and O–H groups in total. The van der Waals surface area contributed by atoms with Crippen LogP contribution < -0.4 is 0 Å². The largest absolute Gasteiger partial charge is 0.382 e. The van der Waals surface area contributed by atoms with Crippen LogP contribution in [0.5, 0.6) is 0 Å². The van der Waals surface area contributed by atoms with E-state index in [0.717, 1.165) is 51.7 Å². The number of aliphatic hydroxyl groups excluding tert-OH is 1. The van der Waals surface area contributed by atoms with Gasteiger partial charge in [0.1, 0.15) is 29.4 Å². The van der Waals surface area contributed by atoms with Gasteiger partial charge in [-0.15, -0.1) is 0 Å². The molecule has 2 aliphatic heterocycles. The summed E-state index contributed by atoms with van der Waals surface area (Å²) in [5.74, 6) is -4.79. The van der Waals surface area contributed by atoms with Crippen molar-refractivity contribution in [3.05, 3.63) is 175 Å². The molecule has 1 atom stereocenters. The van der Waals surface area contributed by atoms with Gasteiger partial charge in [0.25, 0.3) is 0 Å². The molecule has 8 rings (SSSR count). The number of nitrogens with zero attached hydrogens (tertiary/aromatic N) is 4. The molecule has 0 amide bonds. The maximum Gasteiger partial charge on any atom is 0.154 e. The first-order chi connectivity index (χ1) is 31.0. The predicted octanol–water partition coefficient (Wildman–Crippen LogP) is 10.6. The van der Waals surface area contributed by atoms with Crippen molar-refractivity contribution in [1.29, 1.82) is 0 Å². The molecule has 6 aromatic rings. The van der Waals surface area contributed by atoms with Crippen molar-refractivity contribution in [3.63, 3.8) is 0 Å². The summed E-state index contributed by atoms with van der Waals surface area (Å²) in [4.78, 5) is 17.6. The molecular formula is C48H42Cl2F4N4O5S2. The highest BCUT2D eigenvalue weighted by molar-refractivity contribution is 7.90. The third-order valence-corrected chi connectivity index (χ3v) is 14.9. The minimum absolute atomic E-state index is 0.0262. The molecule has 0 fully saturated rings. The van der Waals surface area contributed by atoms with E-state index in [-0.39, 0.29) is 46.9 Å². The van der Waals surface area contributed by atoms with Crippen molar-refractivity contribution in [1.82, 2.24) is 9.97 Å². The molecule has 4 heterocycles. The second-order valence-electron chi connectivity index (χ2n) is 15.6. The Morgan fingerprint density at radius 3 is 1.63 bits per heavy atom. The minimum Gasteiger partial charge on any atom is -0.382 e. The first kappa shape index (κ1) is 47.6. The van der Waals surface area contributed by atoms with Gasteiger partial charge in [-0.05, 0) is 72.5 Å². The summed E-state index contributed by atoms with van der Waals surface area (Å²) in [6.45, 7) is 3.94. The van der Waals surface area contributed by atoms with Crippen LogP contribution in [0, 0.1) is 23.3 Å². The van der Waals surface area contributed by atoms with Gasteiger partial charge in [-0.2, -0.15) is 0 Å². The molecule has 4 aromatic carbocycles. The van der Waals surface area contributed by atoms with E-state index < -0.39 is 66.1 Å². The highest BCUT2D eigenvalue weighted by Gasteiger charge is 2.31. The van der Waals surface area contributed by atoms with E-state index >= 15 is 8.78 Å². The number of sulfone groups is 2. The Morgan fingerprint density at radius 1 is 0.615 bits per heavy atom. The predicted molar refractivity (Wildman–Crippen MR) is 247 cm³/mol. The van der Waals surface area contributed by atoms with Gasteiger partial charge >= 0.3 is 0 Å². The molecule has 0 bridgehead atoms. The molecule has 0 aliphatic carbocycles. The van der Waals surface area contributed by atoms with Crippen LogP contribution in [0.25, 0.3) is 22.3 Å². The van der Waals surface area contributed by atoms with E-state index in [2.05, 4.69) is 20.0 Å². The number of aromatic nitrogens is 2. The number of benzene rings is 4. The van der Waals surface area contributed by atoms with E-state index in [0.29, 0.717) is 46.4 Å². The molecule has 9 nitrogen and oxygen atoms in total. The maximum absolute atomic E-state index is 15.2. The Kier molecular flexibility index (Phi) is 14.7. The standard InChI is InChI=1S/C24H21ClF2N2O3S.C24H21ClF2N2O2S/c1-2-9-33(31,32)13-15-5-8-19(26)21(22(15)27)24(30)23-18-10-16(11-28-20(18)12-29-23)14-3-6-17(25)7-4-14;1-2-9-32(30,31)14-16-5-8-21(26)19(24(16)27)11-22-20-10-17(12-28-23(20)13-29-22)15-3-6-18(25)7-4-15/h3-8,10-11,24,30H,2,9,12-13H2,1H3;3-8,10,12H,2,9,11,13-14H2,1H3. The zero-order valence-corrected chi connectivity index (χ0v) is 38.3. The molecule has 2 aromatic heterocycles. The third kappa shape index (κ3) is 11.0. The molecule has 0 spiro atoms. The number of halogens is 6. The van der Waals surface area contributed by atoms with Crippen LogP contribution in [-0.2, 0) is 50.7 Å². The van der Waals surface area contributed by atoms with Crippen molar-refractivity contribution in [2.24, 2.45) is 9.98 Å². The monoisotopic (exact) mass is 964 g/mol. The summed E-state index contributed by atoms with van der Waals surface area (Å²) in [6.07, 6.45) is 2.42. The van der Waals surface area contributed by atoms with Crippen LogP contribution in [0.2, 0.25) is 10.0 Å². The Bertz CT molecular complexity index is 3060. The molecule has 0 radical (unpaired) electrons. The van der Waals surface area contributed by atoms with Crippen LogP contribution in [-0.4, -0.2) is 54.8 Å². The van der Waals surface area contributed by atoms with Gasteiger partial charge in [-0.3, -0.25) is 20.0 Å². The Labute approximate surface area is 384 Å². The number of pyridine rings is 2. The van der Waals surface area contributed by atoms with Crippen molar-refractivity contribution in [2.45, 2.75) is 63.8 Å². The Hall–Kier alpha value is -5.32. The average Bonchev–Trinajstić information content (AvgIpc) is 3.88. The molecule has 65 heavy (non-hydrogen) atoms. The second-order valence-corrected chi connectivity index (χ2v) is 20.9. The van der Waals surface area contributed by atoms with Gasteiger partial charge in [0.05, 0.1) is 58.8 Å². The molecule has 338 valence electrons. The Morgan fingerprint density at radius 2 is 1.09 bits per heavy atom. The summed E-state index contributed by atoms with van der Waals surface area (Å²) in [7, 11) is -7.03. The van der Waals surface area contributed by atoms with E-state index in [1.165, 1.54) is 6.07 Å². The number of aliphatic imine (C=N–C) groups is 2. The van der Waals surface area contributed by atoms with Gasteiger partial charge in [0.2, 0.25) is 0 Å². The van der Waals surface area contributed by atoms with E-state index in [9.17, 15) is 30.7 Å². The van der Waals surface area contributed by atoms with Crippen molar-refractivity contribution in [3.8, 4) is 22.3 Å². The van der Waals surface area contributed by atoms with Crippen LogP contribution in [0.1, 0.15) is 77.6 Å². The Balaban J connectivity index is 0.000000194. The number of hydrogen-bond acceptors (Lipinski definition) is 9. The van der Waals surface area contributed by atoms with E-state index in [4.69, 9.17) is 23.2 Å². The highest BCUT2D eigenvalue weighted by Crippen LogP contribution is 2.34. The lowest BCUT2D eigenvalue weighted by Crippen LogP contribution is -2.18. The van der Waals surface area contributed by atoms with Crippen molar-refractivity contribution < 1.29 is 39.5 Å². The average molecular weight is 966 g/mol. The first-order valence-corrected chi connectivity index (χ1v) is 25.0. The smallest absolute Gasteiger partial charge is 0.154 e.